The van der Waals surface area contributed by atoms with Crippen molar-refractivity contribution in [3.63, 3.8) is 0 Å². The first-order chi connectivity index (χ1) is 6.54. The molecule has 0 aliphatic rings. The van der Waals surface area contributed by atoms with Gasteiger partial charge in [0.15, 0.2) is 5.69 Å². The van der Waals surface area contributed by atoms with Crippen LogP contribution in [0.4, 0.5) is 13.2 Å². The molecule has 14 heavy (non-hydrogen) atoms. The van der Waals surface area contributed by atoms with Crippen LogP contribution in [0.2, 0.25) is 0 Å². The van der Waals surface area contributed by atoms with Crippen LogP contribution in [0.15, 0.2) is 11.5 Å². The van der Waals surface area contributed by atoms with Gasteiger partial charge in [0.2, 0.25) is 0 Å². The highest BCUT2D eigenvalue weighted by Gasteiger charge is 2.33. The molecule has 0 spiro atoms. The molecule has 0 atom stereocenters. The maximum absolute atomic E-state index is 12.1. The minimum Gasteiger partial charge on any atom is -0.330 e. The predicted octanol–water partition coefficient (Wildman–Crippen LogP) is 2.52. The average Bonchev–Trinajstić information content (AvgIpc) is 2.52. The Morgan fingerprint density at radius 1 is 1.50 bits per heavy atom. The van der Waals surface area contributed by atoms with Gasteiger partial charge in [0.05, 0.1) is 0 Å². The van der Waals surface area contributed by atoms with Crippen LogP contribution in [0.5, 0.6) is 0 Å². The van der Waals surface area contributed by atoms with E-state index in [4.69, 9.17) is 5.73 Å². The molecule has 0 aromatic carbocycles. The maximum Gasteiger partial charge on any atom is 0.434 e. The second-order valence-electron chi connectivity index (χ2n) is 2.55. The molecule has 1 aromatic rings. The molecule has 0 aliphatic carbocycles. The Morgan fingerprint density at radius 3 is 2.71 bits per heavy atom. The second-order valence-corrected chi connectivity index (χ2v) is 3.44. The van der Waals surface area contributed by atoms with Crippen molar-refractivity contribution < 1.29 is 13.2 Å². The van der Waals surface area contributed by atoms with Gasteiger partial charge in [0.1, 0.15) is 5.01 Å². The van der Waals surface area contributed by atoms with Crippen LogP contribution in [0.1, 0.15) is 17.1 Å². The van der Waals surface area contributed by atoms with Crippen LogP contribution in [0.25, 0.3) is 6.08 Å². The molecule has 0 aliphatic heterocycles. The topological polar surface area (TPSA) is 38.9 Å². The summed E-state index contributed by atoms with van der Waals surface area (Å²) >= 11 is 0.968. The number of halogens is 3. The molecule has 1 heterocycles. The molecule has 0 saturated carbocycles. The van der Waals surface area contributed by atoms with E-state index in [0.717, 1.165) is 16.7 Å². The molecule has 0 bridgehead atoms. The molecule has 78 valence electrons. The second kappa shape index (κ2) is 4.56. The van der Waals surface area contributed by atoms with Crippen molar-refractivity contribution in [2.45, 2.75) is 12.6 Å². The number of thiazole rings is 1. The summed E-state index contributed by atoms with van der Waals surface area (Å²) in [6, 6.07) is 0. The summed E-state index contributed by atoms with van der Waals surface area (Å²) in [5.41, 5.74) is 4.38. The molecular weight excluding hydrogens is 213 g/mol. The van der Waals surface area contributed by atoms with Gasteiger partial charge in [-0.1, -0.05) is 6.08 Å². The van der Waals surface area contributed by atoms with E-state index in [1.165, 1.54) is 0 Å². The zero-order valence-corrected chi connectivity index (χ0v) is 8.03. The molecule has 0 unspecified atom stereocenters. The minimum absolute atomic E-state index is 0.353. The summed E-state index contributed by atoms with van der Waals surface area (Å²) in [7, 11) is 0. The predicted molar refractivity (Wildman–Crippen MR) is 49.8 cm³/mol. The molecule has 0 fully saturated rings. The van der Waals surface area contributed by atoms with Crippen molar-refractivity contribution >= 4 is 17.4 Å². The van der Waals surface area contributed by atoms with E-state index in [9.17, 15) is 13.2 Å². The largest absolute Gasteiger partial charge is 0.434 e. The van der Waals surface area contributed by atoms with Crippen molar-refractivity contribution in [1.82, 2.24) is 4.98 Å². The van der Waals surface area contributed by atoms with E-state index in [1.54, 1.807) is 12.2 Å². The fraction of sp³-hybridized carbons (Fsp3) is 0.375. The van der Waals surface area contributed by atoms with Gasteiger partial charge in [0, 0.05) is 5.38 Å². The summed E-state index contributed by atoms with van der Waals surface area (Å²) in [5.74, 6) is 0. The highest BCUT2D eigenvalue weighted by molar-refractivity contribution is 7.10. The van der Waals surface area contributed by atoms with Crippen molar-refractivity contribution in [2.75, 3.05) is 6.54 Å². The minimum atomic E-state index is -4.35. The molecule has 1 rings (SSSR count). The van der Waals surface area contributed by atoms with E-state index in [2.05, 4.69) is 4.98 Å². The lowest BCUT2D eigenvalue weighted by Crippen LogP contribution is -2.04. The number of rotatable bonds is 3. The third-order valence-electron chi connectivity index (χ3n) is 1.41. The van der Waals surface area contributed by atoms with Gasteiger partial charge in [-0.25, -0.2) is 4.98 Å². The molecule has 1 aromatic heterocycles. The molecular formula is C8H9F3N2S. The molecule has 0 saturated heterocycles. The number of hydrogen-bond acceptors (Lipinski definition) is 3. The number of aromatic nitrogens is 1. The maximum atomic E-state index is 12.1. The standard InChI is InChI=1S/C8H9F3N2S/c9-8(10,11)6-5-14-7(13-6)3-1-2-4-12/h1,3,5H,2,4,12H2. The molecule has 0 radical (unpaired) electrons. The Hall–Kier alpha value is -0.880. The Morgan fingerprint density at radius 2 is 2.21 bits per heavy atom. The first-order valence-electron chi connectivity index (χ1n) is 3.93. The third-order valence-corrected chi connectivity index (χ3v) is 2.22. The molecule has 6 heteroatoms. The van der Waals surface area contributed by atoms with E-state index in [0.29, 0.717) is 18.0 Å². The monoisotopic (exact) mass is 222 g/mol. The third kappa shape index (κ3) is 3.12. The SMILES string of the molecule is NCCC=Cc1nc(C(F)(F)F)cs1. The first-order valence-corrected chi connectivity index (χ1v) is 4.81. The zero-order valence-electron chi connectivity index (χ0n) is 7.21. The van der Waals surface area contributed by atoms with Gasteiger partial charge in [0.25, 0.3) is 0 Å². The summed E-state index contributed by atoms with van der Waals surface area (Å²) in [4.78, 5) is 3.42. The number of nitrogens with zero attached hydrogens (tertiary/aromatic N) is 1. The van der Waals surface area contributed by atoms with Crippen molar-refractivity contribution in [3.05, 3.63) is 22.2 Å². The zero-order chi connectivity index (χ0) is 10.6. The summed E-state index contributed by atoms with van der Waals surface area (Å²) in [5, 5.41) is 1.35. The van der Waals surface area contributed by atoms with Gasteiger partial charge in [-0.2, -0.15) is 13.2 Å². The van der Waals surface area contributed by atoms with E-state index in [1.807, 2.05) is 0 Å². The summed E-state index contributed by atoms with van der Waals surface area (Å²) in [6.07, 6.45) is -0.455. The highest BCUT2D eigenvalue weighted by Crippen LogP contribution is 2.30. The average molecular weight is 222 g/mol. The summed E-state index contributed by atoms with van der Waals surface area (Å²) < 4.78 is 36.3. The van der Waals surface area contributed by atoms with Gasteiger partial charge in [-0.05, 0) is 19.0 Å². The quantitative estimate of drug-likeness (QED) is 0.853. The van der Waals surface area contributed by atoms with Gasteiger partial charge < -0.3 is 5.73 Å². The number of alkyl halides is 3. The number of nitrogens with two attached hydrogens (primary N) is 1. The lowest BCUT2D eigenvalue weighted by atomic mass is 10.4. The van der Waals surface area contributed by atoms with E-state index in [-0.39, 0.29) is 0 Å². The Labute approximate surface area is 83.3 Å². The van der Waals surface area contributed by atoms with Crippen LogP contribution < -0.4 is 5.73 Å². The highest BCUT2D eigenvalue weighted by atomic mass is 32.1. The van der Waals surface area contributed by atoms with Crippen LogP contribution in [0, 0.1) is 0 Å². The Bertz CT molecular complexity index is 317. The van der Waals surface area contributed by atoms with Crippen LogP contribution >= 0.6 is 11.3 Å². The summed E-state index contributed by atoms with van der Waals surface area (Å²) in [6.45, 7) is 0.480. The first kappa shape index (κ1) is 11.2. The Balaban J connectivity index is 2.69. The van der Waals surface area contributed by atoms with Crippen molar-refractivity contribution in [2.24, 2.45) is 5.73 Å². The van der Waals surface area contributed by atoms with E-state index < -0.39 is 11.9 Å². The smallest absolute Gasteiger partial charge is 0.330 e. The lowest BCUT2D eigenvalue weighted by Gasteiger charge is -1.99. The molecule has 2 nitrogen and oxygen atoms in total. The van der Waals surface area contributed by atoms with Gasteiger partial charge >= 0.3 is 6.18 Å². The van der Waals surface area contributed by atoms with Crippen LogP contribution in [-0.4, -0.2) is 11.5 Å². The fourth-order valence-electron chi connectivity index (χ4n) is 0.775. The molecule has 2 N–H and O–H groups in total. The Kier molecular flexibility index (Phi) is 3.65. The van der Waals surface area contributed by atoms with Crippen LogP contribution in [-0.2, 0) is 6.18 Å². The van der Waals surface area contributed by atoms with Crippen molar-refractivity contribution in [3.8, 4) is 0 Å². The molecule has 0 amide bonds. The van der Waals surface area contributed by atoms with E-state index >= 15 is 0 Å². The van der Waals surface area contributed by atoms with Gasteiger partial charge in [-0.15, -0.1) is 11.3 Å². The van der Waals surface area contributed by atoms with Gasteiger partial charge in [-0.3, -0.25) is 0 Å². The lowest BCUT2D eigenvalue weighted by molar-refractivity contribution is -0.140. The van der Waals surface area contributed by atoms with Crippen molar-refractivity contribution in [1.29, 1.82) is 0 Å². The van der Waals surface area contributed by atoms with Crippen LogP contribution in [0.3, 0.4) is 0 Å². The fourth-order valence-corrected chi connectivity index (χ4v) is 1.52. The number of hydrogen-bond donors (Lipinski definition) is 1. The normalized spacial score (nSPS) is 12.6.